The van der Waals surface area contributed by atoms with Gasteiger partial charge in [-0.2, -0.15) is 0 Å². The fourth-order valence-electron chi connectivity index (χ4n) is 1.03. The Hall–Kier alpha value is -1.48. The summed E-state index contributed by atoms with van der Waals surface area (Å²) < 4.78 is 10.3. The van der Waals surface area contributed by atoms with Gasteiger partial charge in [-0.15, -0.1) is 0 Å². The molecule has 0 unspecified atom stereocenters. The lowest BCUT2D eigenvalue weighted by Crippen LogP contribution is -1.93. The standard InChI is InChI=1S/C10H8ClNO2/c11-8-2-1-3-9(6-8)13-7-10-4-5-12-14-10/h1-6H,7H2. The molecular formula is C10H8ClNO2. The van der Waals surface area contributed by atoms with E-state index in [-0.39, 0.29) is 0 Å². The van der Waals surface area contributed by atoms with Gasteiger partial charge in [0.2, 0.25) is 0 Å². The molecule has 1 aromatic carbocycles. The predicted molar refractivity (Wildman–Crippen MR) is 52.3 cm³/mol. The van der Waals surface area contributed by atoms with Gasteiger partial charge in [-0.1, -0.05) is 22.8 Å². The summed E-state index contributed by atoms with van der Waals surface area (Å²) in [5.74, 6) is 1.40. The van der Waals surface area contributed by atoms with Gasteiger partial charge in [0, 0.05) is 11.1 Å². The Morgan fingerprint density at radius 2 is 2.29 bits per heavy atom. The normalized spacial score (nSPS) is 10.1. The van der Waals surface area contributed by atoms with Crippen LogP contribution in [0.5, 0.6) is 5.75 Å². The lowest BCUT2D eigenvalue weighted by atomic mass is 10.3. The van der Waals surface area contributed by atoms with Crippen LogP contribution in [0.4, 0.5) is 0 Å². The summed E-state index contributed by atoms with van der Waals surface area (Å²) in [7, 11) is 0. The van der Waals surface area contributed by atoms with Crippen LogP contribution in [-0.2, 0) is 6.61 Å². The second kappa shape index (κ2) is 4.15. The molecule has 1 heterocycles. The van der Waals surface area contributed by atoms with Crippen molar-refractivity contribution in [1.29, 1.82) is 0 Å². The van der Waals surface area contributed by atoms with Crippen LogP contribution in [0.2, 0.25) is 5.02 Å². The molecule has 0 bridgehead atoms. The zero-order valence-electron chi connectivity index (χ0n) is 7.31. The van der Waals surface area contributed by atoms with Gasteiger partial charge in [0.15, 0.2) is 5.76 Å². The lowest BCUT2D eigenvalue weighted by molar-refractivity contribution is 0.249. The van der Waals surface area contributed by atoms with Gasteiger partial charge in [-0.05, 0) is 18.2 Å². The number of rotatable bonds is 3. The first-order valence-corrected chi connectivity index (χ1v) is 4.50. The number of hydrogen-bond acceptors (Lipinski definition) is 3. The van der Waals surface area contributed by atoms with Crippen molar-refractivity contribution < 1.29 is 9.26 Å². The summed E-state index contributed by atoms with van der Waals surface area (Å²) in [5.41, 5.74) is 0. The monoisotopic (exact) mass is 209 g/mol. The second-order valence-electron chi connectivity index (χ2n) is 2.72. The minimum Gasteiger partial charge on any atom is -0.485 e. The highest BCUT2D eigenvalue weighted by Gasteiger charge is 1.99. The minimum absolute atomic E-state index is 0.361. The number of ether oxygens (including phenoxy) is 1. The van der Waals surface area contributed by atoms with E-state index in [0.29, 0.717) is 23.1 Å². The molecule has 0 saturated heterocycles. The van der Waals surface area contributed by atoms with Gasteiger partial charge in [0.25, 0.3) is 0 Å². The van der Waals surface area contributed by atoms with E-state index in [9.17, 15) is 0 Å². The Morgan fingerprint density at radius 1 is 1.36 bits per heavy atom. The van der Waals surface area contributed by atoms with Crippen molar-refractivity contribution in [3.8, 4) is 5.75 Å². The van der Waals surface area contributed by atoms with Gasteiger partial charge >= 0.3 is 0 Å². The van der Waals surface area contributed by atoms with E-state index in [0.717, 1.165) is 0 Å². The molecule has 0 aliphatic rings. The van der Waals surface area contributed by atoms with Crippen molar-refractivity contribution in [3.63, 3.8) is 0 Å². The maximum atomic E-state index is 5.79. The molecule has 0 atom stereocenters. The van der Waals surface area contributed by atoms with E-state index in [1.165, 1.54) is 0 Å². The molecule has 2 rings (SSSR count). The van der Waals surface area contributed by atoms with E-state index < -0.39 is 0 Å². The van der Waals surface area contributed by atoms with Crippen LogP contribution < -0.4 is 4.74 Å². The Balaban J connectivity index is 1.98. The van der Waals surface area contributed by atoms with E-state index in [1.807, 2.05) is 12.1 Å². The Labute approximate surface area is 86.2 Å². The van der Waals surface area contributed by atoms with Crippen LogP contribution in [0.1, 0.15) is 5.76 Å². The zero-order valence-corrected chi connectivity index (χ0v) is 8.07. The average molecular weight is 210 g/mol. The quantitative estimate of drug-likeness (QED) is 0.780. The third kappa shape index (κ3) is 2.26. The third-order valence-corrected chi connectivity index (χ3v) is 1.90. The molecular weight excluding hydrogens is 202 g/mol. The van der Waals surface area contributed by atoms with Gasteiger partial charge in [0.1, 0.15) is 12.4 Å². The van der Waals surface area contributed by atoms with Crippen LogP contribution in [0, 0.1) is 0 Å². The highest BCUT2D eigenvalue weighted by molar-refractivity contribution is 6.30. The van der Waals surface area contributed by atoms with Crippen molar-refractivity contribution in [3.05, 3.63) is 47.3 Å². The van der Waals surface area contributed by atoms with Crippen molar-refractivity contribution in [2.75, 3.05) is 0 Å². The third-order valence-electron chi connectivity index (χ3n) is 1.67. The maximum Gasteiger partial charge on any atom is 0.174 e. The predicted octanol–water partition coefficient (Wildman–Crippen LogP) is 2.91. The largest absolute Gasteiger partial charge is 0.485 e. The van der Waals surface area contributed by atoms with Crippen molar-refractivity contribution in [1.82, 2.24) is 5.16 Å². The highest BCUT2D eigenvalue weighted by atomic mass is 35.5. The van der Waals surface area contributed by atoms with Gasteiger partial charge in [-0.3, -0.25) is 0 Å². The first kappa shape index (κ1) is 9.09. The first-order chi connectivity index (χ1) is 6.84. The minimum atomic E-state index is 0.361. The number of nitrogens with zero attached hydrogens (tertiary/aromatic N) is 1. The fourth-order valence-corrected chi connectivity index (χ4v) is 1.21. The van der Waals surface area contributed by atoms with E-state index in [4.69, 9.17) is 20.9 Å². The number of hydrogen-bond donors (Lipinski definition) is 0. The van der Waals surface area contributed by atoms with Crippen molar-refractivity contribution >= 4 is 11.6 Å². The van der Waals surface area contributed by atoms with E-state index in [2.05, 4.69) is 5.16 Å². The summed E-state index contributed by atoms with van der Waals surface area (Å²) in [4.78, 5) is 0. The molecule has 0 fully saturated rings. The van der Waals surface area contributed by atoms with Gasteiger partial charge in [0.05, 0.1) is 6.20 Å². The number of benzene rings is 1. The van der Waals surface area contributed by atoms with Crippen molar-refractivity contribution in [2.45, 2.75) is 6.61 Å². The van der Waals surface area contributed by atoms with Crippen LogP contribution in [0.15, 0.2) is 41.1 Å². The number of halogens is 1. The van der Waals surface area contributed by atoms with Gasteiger partial charge in [-0.25, -0.2) is 0 Å². The molecule has 0 aliphatic heterocycles. The second-order valence-corrected chi connectivity index (χ2v) is 3.16. The van der Waals surface area contributed by atoms with E-state index in [1.54, 1.807) is 24.4 Å². The Bertz CT molecular complexity index is 400. The highest BCUT2D eigenvalue weighted by Crippen LogP contribution is 2.18. The molecule has 4 heteroatoms. The molecule has 0 aliphatic carbocycles. The summed E-state index contributed by atoms with van der Waals surface area (Å²) in [5, 5.41) is 4.22. The van der Waals surface area contributed by atoms with Crippen molar-refractivity contribution in [2.24, 2.45) is 0 Å². The zero-order chi connectivity index (χ0) is 9.80. The SMILES string of the molecule is Clc1cccc(OCc2ccno2)c1. The molecule has 2 aromatic rings. The molecule has 0 spiro atoms. The van der Waals surface area contributed by atoms with Crippen LogP contribution in [0.3, 0.4) is 0 Å². The summed E-state index contributed by atoms with van der Waals surface area (Å²) in [6.45, 7) is 0.361. The molecule has 0 amide bonds. The molecule has 1 aromatic heterocycles. The van der Waals surface area contributed by atoms with E-state index >= 15 is 0 Å². The maximum absolute atomic E-state index is 5.79. The van der Waals surface area contributed by atoms with Crippen LogP contribution >= 0.6 is 11.6 Å². The fraction of sp³-hybridized carbons (Fsp3) is 0.100. The topological polar surface area (TPSA) is 35.3 Å². The van der Waals surface area contributed by atoms with Crippen LogP contribution in [-0.4, -0.2) is 5.16 Å². The smallest absolute Gasteiger partial charge is 0.174 e. The first-order valence-electron chi connectivity index (χ1n) is 4.12. The molecule has 0 saturated carbocycles. The average Bonchev–Trinajstić information content (AvgIpc) is 2.67. The molecule has 14 heavy (non-hydrogen) atoms. The number of aromatic nitrogens is 1. The lowest BCUT2D eigenvalue weighted by Gasteiger charge is -2.02. The summed E-state index contributed by atoms with van der Waals surface area (Å²) in [6, 6.07) is 8.96. The Morgan fingerprint density at radius 3 is 3.00 bits per heavy atom. The molecule has 72 valence electrons. The Kier molecular flexibility index (Phi) is 2.70. The molecule has 0 N–H and O–H groups in total. The molecule has 0 radical (unpaired) electrons. The summed E-state index contributed by atoms with van der Waals surface area (Å²) in [6.07, 6.45) is 1.58. The summed E-state index contributed by atoms with van der Waals surface area (Å²) >= 11 is 5.79. The van der Waals surface area contributed by atoms with Gasteiger partial charge < -0.3 is 9.26 Å². The van der Waals surface area contributed by atoms with Crippen LogP contribution in [0.25, 0.3) is 0 Å². The molecule has 3 nitrogen and oxygen atoms in total.